The maximum atomic E-state index is 2.42. The number of para-hydroxylation sites is 2. The molecule has 4 aromatic carbocycles. The third-order valence-corrected chi connectivity index (χ3v) is 6.34. The van der Waals surface area contributed by atoms with Crippen molar-refractivity contribution < 1.29 is 0 Å². The van der Waals surface area contributed by atoms with Gasteiger partial charge in [0.15, 0.2) is 0 Å². The molecule has 2 heteroatoms. The predicted octanol–water partition coefficient (Wildman–Crippen LogP) is 7.15. The smallest absolute Gasteiger partial charge is 0.0555 e. The minimum Gasteiger partial charge on any atom is -0.309 e. The van der Waals surface area contributed by atoms with Gasteiger partial charge in [-0.3, -0.25) is 0 Å². The Hall–Kier alpha value is -3.10. The summed E-state index contributed by atoms with van der Waals surface area (Å²) in [4.78, 5) is 0. The molecule has 0 aliphatic carbocycles. The minimum atomic E-state index is 1.26. The van der Waals surface area contributed by atoms with Crippen molar-refractivity contribution in [3.8, 4) is 5.69 Å². The summed E-state index contributed by atoms with van der Waals surface area (Å²) in [6, 6.07) is 32.8. The Morgan fingerprint density at radius 2 is 1.08 bits per heavy atom. The topological polar surface area (TPSA) is 4.93 Å². The number of rotatable bonds is 1. The van der Waals surface area contributed by atoms with Gasteiger partial charge in [0.1, 0.15) is 0 Å². The molecule has 0 fully saturated rings. The first-order valence-corrected chi connectivity index (χ1v) is 9.62. The van der Waals surface area contributed by atoms with Gasteiger partial charge in [0.2, 0.25) is 0 Å². The van der Waals surface area contributed by atoms with Crippen LogP contribution in [0.4, 0.5) is 0 Å². The van der Waals surface area contributed by atoms with Crippen LogP contribution in [0.3, 0.4) is 0 Å². The third kappa shape index (κ3) is 1.80. The highest BCUT2D eigenvalue weighted by molar-refractivity contribution is 7.25. The normalized spacial score (nSPS) is 11.8. The second-order valence-electron chi connectivity index (χ2n) is 6.62. The van der Waals surface area contributed by atoms with Crippen molar-refractivity contribution >= 4 is 53.3 Å². The monoisotopic (exact) mass is 349 g/mol. The van der Waals surface area contributed by atoms with Gasteiger partial charge in [0, 0.05) is 30.9 Å². The highest BCUT2D eigenvalue weighted by Gasteiger charge is 2.15. The SMILES string of the molecule is c1ccc2c(c1)sc1cccc(-n3c4ccccc4c4ccccc43)c12. The molecular formula is C24H15NS. The molecule has 0 aliphatic rings. The van der Waals surface area contributed by atoms with Crippen molar-refractivity contribution in [2.75, 3.05) is 0 Å². The molecule has 0 saturated heterocycles. The summed E-state index contributed by atoms with van der Waals surface area (Å²) in [6.07, 6.45) is 0. The van der Waals surface area contributed by atoms with Crippen molar-refractivity contribution in [1.29, 1.82) is 0 Å². The van der Waals surface area contributed by atoms with Gasteiger partial charge in [-0.05, 0) is 30.3 Å². The summed E-state index contributed by atoms with van der Waals surface area (Å²) >= 11 is 1.87. The molecule has 2 aromatic heterocycles. The van der Waals surface area contributed by atoms with Crippen LogP contribution in [0.25, 0.3) is 47.7 Å². The molecular weight excluding hydrogens is 334 g/mol. The standard InChI is InChI=1S/C24H15NS/c1-4-11-19-16(8-1)17-9-2-5-12-20(17)25(19)21-13-7-15-23-24(21)18-10-3-6-14-22(18)26-23/h1-15H. The Balaban J connectivity index is 1.87. The van der Waals surface area contributed by atoms with Gasteiger partial charge in [-0.1, -0.05) is 60.7 Å². The third-order valence-electron chi connectivity index (χ3n) is 5.20. The average molecular weight is 349 g/mol. The van der Waals surface area contributed by atoms with Crippen LogP contribution in [-0.2, 0) is 0 Å². The predicted molar refractivity (Wildman–Crippen MR) is 114 cm³/mol. The number of fused-ring (bicyclic) bond motifs is 6. The molecule has 0 atom stereocenters. The molecule has 122 valence electrons. The lowest BCUT2D eigenvalue weighted by Crippen LogP contribution is -1.94. The van der Waals surface area contributed by atoms with E-state index in [2.05, 4.69) is 95.6 Å². The second kappa shape index (κ2) is 5.20. The van der Waals surface area contributed by atoms with E-state index in [4.69, 9.17) is 0 Å². The molecule has 0 aliphatic heterocycles. The van der Waals surface area contributed by atoms with Gasteiger partial charge < -0.3 is 4.57 Å². The van der Waals surface area contributed by atoms with Crippen molar-refractivity contribution in [2.24, 2.45) is 0 Å². The summed E-state index contributed by atoms with van der Waals surface area (Å²) in [5, 5.41) is 5.30. The molecule has 0 N–H and O–H groups in total. The zero-order valence-corrected chi connectivity index (χ0v) is 14.8. The number of hydrogen-bond acceptors (Lipinski definition) is 1. The van der Waals surface area contributed by atoms with Crippen LogP contribution in [-0.4, -0.2) is 4.57 Å². The second-order valence-corrected chi connectivity index (χ2v) is 7.70. The highest BCUT2D eigenvalue weighted by Crippen LogP contribution is 2.40. The van der Waals surface area contributed by atoms with Gasteiger partial charge in [-0.25, -0.2) is 0 Å². The van der Waals surface area contributed by atoms with Gasteiger partial charge in [-0.15, -0.1) is 11.3 Å². The van der Waals surface area contributed by atoms with Crippen LogP contribution < -0.4 is 0 Å². The van der Waals surface area contributed by atoms with Gasteiger partial charge in [0.05, 0.1) is 16.7 Å². The molecule has 1 nitrogen and oxygen atoms in total. The van der Waals surface area contributed by atoms with Crippen LogP contribution in [0.2, 0.25) is 0 Å². The Kier molecular flexibility index (Phi) is 2.82. The number of nitrogens with zero attached hydrogens (tertiary/aromatic N) is 1. The van der Waals surface area contributed by atoms with E-state index in [1.807, 2.05) is 11.3 Å². The number of aromatic nitrogens is 1. The van der Waals surface area contributed by atoms with Gasteiger partial charge in [0.25, 0.3) is 0 Å². The van der Waals surface area contributed by atoms with E-state index < -0.39 is 0 Å². The molecule has 26 heavy (non-hydrogen) atoms. The zero-order valence-electron chi connectivity index (χ0n) is 14.0. The van der Waals surface area contributed by atoms with Crippen molar-refractivity contribution in [1.82, 2.24) is 4.57 Å². The van der Waals surface area contributed by atoms with Crippen LogP contribution in [0, 0.1) is 0 Å². The number of hydrogen-bond donors (Lipinski definition) is 0. The first kappa shape index (κ1) is 14.1. The van der Waals surface area contributed by atoms with Crippen LogP contribution in [0.5, 0.6) is 0 Å². The molecule has 6 rings (SSSR count). The van der Waals surface area contributed by atoms with Gasteiger partial charge >= 0.3 is 0 Å². The number of benzene rings is 4. The Morgan fingerprint density at radius 3 is 1.81 bits per heavy atom. The van der Waals surface area contributed by atoms with E-state index in [1.165, 1.54) is 47.7 Å². The Labute approximate surface area is 154 Å². The molecule has 0 spiro atoms. The molecule has 0 amide bonds. The van der Waals surface area contributed by atoms with Crippen LogP contribution >= 0.6 is 11.3 Å². The number of thiophene rings is 1. The fraction of sp³-hybridized carbons (Fsp3) is 0. The summed E-state index contributed by atoms with van der Waals surface area (Å²) in [6.45, 7) is 0. The first-order valence-electron chi connectivity index (χ1n) is 8.81. The van der Waals surface area contributed by atoms with Crippen LogP contribution in [0.1, 0.15) is 0 Å². The Bertz CT molecular complexity index is 1380. The zero-order chi connectivity index (χ0) is 17.1. The van der Waals surface area contributed by atoms with Crippen molar-refractivity contribution in [3.63, 3.8) is 0 Å². The molecule has 0 saturated carbocycles. The van der Waals surface area contributed by atoms with Crippen LogP contribution in [0.15, 0.2) is 91.0 Å². The highest BCUT2D eigenvalue weighted by atomic mass is 32.1. The summed E-state index contributed by atoms with van der Waals surface area (Å²) < 4.78 is 5.10. The van der Waals surface area contributed by atoms with E-state index in [0.29, 0.717) is 0 Å². The largest absolute Gasteiger partial charge is 0.309 e. The lowest BCUT2D eigenvalue weighted by molar-refractivity contribution is 1.20. The van der Waals surface area contributed by atoms with Gasteiger partial charge in [-0.2, -0.15) is 0 Å². The summed E-state index contributed by atoms with van der Waals surface area (Å²) in [7, 11) is 0. The molecule has 0 radical (unpaired) electrons. The fourth-order valence-electron chi connectivity index (χ4n) is 4.12. The average Bonchev–Trinajstić information content (AvgIpc) is 3.24. The summed E-state index contributed by atoms with van der Waals surface area (Å²) in [5.41, 5.74) is 3.78. The quantitative estimate of drug-likeness (QED) is 0.297. The lowest BCUT2D eigenvalue weighted by atomic mass is 10.1. The Morgan fingerprint density at radius 1 is 0.500 bits per heavy atom. The van der Waals surface area contributed by atoms with Crippen molar-refractivity contribution in [2.45, 2.75) is 0 Å². The van der Waals surface area contributed by atoms with E-state index in [9.17, 15) is 0 Å². The van der Waals surface area contributed by atoms with E-state index >= 15 is 0 Å². The maximum absolute atomic E-state index is 2.42. The molecule has 6 aromatic rings. The van der Waals surface area contributed by atoms with E-state index in [-0.39, 0.29) is 0 Å². The minimum absolute atomic E-state index is 1.26. The van der Waals surface area contributed by atoms with E-state index in [1.54, 1.807) is 0 Å². The first-order chi connectivity index (χ1) is 12.9. The van der Waals surface area contributed by atoms with Crippen molar-refractivity contribution in [3.05, 3.63) is 91.0 Å². The summed E-state index contributed by atoms with van der Waals surface area (Å²) in [5.74, 6) is 0. The van der Waals surface area contributed by atoms with E-state index in [0.717, 1.165) is 0 Å². The lowest BCUT2D eigenvalue weighted by Gasteiger charge is -2.10. The maximum Gasteiger partial charge on any atom is 0.0555 e. The fourth-order valence-corrected chi connectivity index (χ4v) is 5.25. The molecule has 0 bridgehead atoms. The molecule has 2 heterocycles. The molecule has 0 unspecified atom stereocenters.